The van der Waals surface area contributed by atoms with Gasteiger partial charge in [0.2, 0.25) is 5.78 Å². The van der Waals surface area contributed by atoms with E-state index in [0.717, 1.165) is 11.3 Å². The van der Waals surface area contributed by atoms with E-state index in [2.05, 4.69) is 10.3 Å². The number of rotatable bonds is 6. The maximum atomic E-state index is 13.5. The summed E-state index contributed by atoms with van der Waals surface area (Å²) in [7, 11) is 0. The number of hydrogen-bond acceptors (Lipinski definition) is 7. The van der Waals surface area contributed by atoms with E-state index >= 15 is 0 Å². The molecule has 0 aliphatic carbocycles. The van der Waals surface area contributed by atoms with Crippen LogP contribution in [0.1, 0.15) is 64.9 Å². The lowest BCUT2D eigenvalue weighted by Crippen LogP contribution is -2.45. The Labute approximate surface area is 202 Å². The van der Waals surface area contributed by atoms with Crippen LogP contribution in [0.25, 0.3) is 0 Å². The summed E-state index contributed by atoms with van der Waals surface area (Å²) >= 11 is 0. The predicted octanol–water partition coefficient (Wildman–Crippen LogP) is 3.01. The van der Waals surface area contributed by atoms with E-state index in [1.807, 2.05) is 0 Å². The van der Waals surface area contributed by atoms with E-state index in [-0.39, 0.29) is 17.9 Å². The van der Waals surface area contributed by atoms with Gasteiger partial charge in [-0.3, -0.25) is 14.5 Å². The van der Waals surface area contributed by atoms with E-state index < -0.39 is 35.3 Å². The van der Waals surface area contributed by atoms with Gasteiger partial charge in [-0.15, -0.1) is 0 Å². The molecule has 0 saturated carbocycles. The van der Waals surface area contributed by atoms with Gasteiger partial charge in [0.05, 0.1) is 31.1 Å². The van der Waals surface area contributed by atoms with Crippen LogP contribution < -0.4 is 14.8 Å². The summed E-state index contributed by atoms with van der Waals surface area (Å²) in [5.41, 5.74) is 0.437. The van der Waals surface area contributed by atoms with Gasteiger partial charge in [-0.2, -0.15) is 0 Å². The van der Waals surface area contributed by atoms with Crippen LogP contribution in [-0.4, -0.2) is 59.4 Å². The molecule has 0 radical (unpaired) electrons. The van der Waals surface area contributed by atoms with Crippen molar-refractivity contribution in [3.63, 3.8) is 0 Å². The third kappa shape index (κ3) is 4.02. The zero-order valence-electron chi connectivity index (χ0n) is 20.4. The van der Waals surface area contributed by atoms with Gasteiger partial charge < -0.3 is 24.5 Å². The first-order chi connectivity index (χ1) is 16.6. The molecule has 2 aliphatic heterocycles. The predicted molar refractivity (Wildman–Crippen MR) is 125 cm³/mol. The van der Waals surface area contributed by atoms with Gasteiger partial charge in [-0.25, -0.2) is 9.59 Å². The van der Waals surface area contributed by atoms with Crippen molar-refractivity contribution in [1.29, 1.82) is 0 Å². The molecule has 3 amide bonds. The van der Waals surface area contributed by atoms with E-state index in [9.17, 15) is 19.2 Å². The number of urea groups is 1. The molecule has 1 aromatic carbocycles. The number of fused-ring (bicyclic) bond motifs is 1. The van der Waals surface area contributed by atoms with Gasteiger partial charge in [0.1, 0.15) is 11.6 Å². The molecule has 3 heterocycles. The van der Waals surface area contributed by atoms with Gasteiger partial charge >= 0.3 is 12.0 Å². The summed E-state index contributed by atoms with van der Waals surface area (Å²) in [4.78, 5) is 56.0. The lowest BCUT2D eigenvalue weighted by molar-refractivity contribution is -0.131. The number of imide groups is 1. The molecule has 35 heavy (non-hydrogen) atoms. The number of nitrogens with zero attached hydrogens (tertiary/aromatic N) is 1. The fourth-order valence-corrected chi connectivity index (χ4v) is 4.51. The number of carbonyl (C=O) groups excluding carboxylic acids is 4. The Balaban J connectivity index is 1.62. The van der Waals surface area contributed by atoms with Crippen molar-refractivity contribution in [2.75, 3.05) is 19.8 Å². The molecule has 2 aliphatic rings. The number of aryl methyl sites for hydroxylation is 1. The molecule has 2 aromatic rings. The van der Waals surface area contributed by atoms with Gasteiger partial charge in [0.15, 0.2) is 11.5 Å². The summed E-state index contributed by atoms with van der Waals surface area (Å²) in [5.74, 6) is -0.531. The maximum Gasteiger partial charge on any atom is 0.340 e. The fraction of sp³-hybridized carbons (Fsp3) is 0.440. The Morgan fingerprint density at radius 1 is 1.17 bits per heavy atom. The third-order valence-corrected chi connectivity index (χ3v) is 6.48. The molecule has 0 spiro atoms. The molecule has 1 saturated heterocycles. The number of carbonyl (C=O) groups is 4. The molecule has 1 aromatic heterocycles. The molecule has 2 N–H and O–H groups in total. The largest absolute Gasteiger partial charge is 0.490 e. The van der Waals surface area contributed by atoms with Crippen LogP contribution >= 0.6 is 0 Å². The Morgan fingerprint density at radius 3 is 2.54 bits per heavy atom. The smallest absolute Gasteiger partial charge is 0.340 e. The van der Waals surface area contributed by atoms with E-state index in [4.69, 9.17) is 14.2 Å². The quantitative estimate of drug-likeness (QED) is 0.367. The molecule has 0 bridgehead atoms. The van der Waals surface area contributed by atoms with E-state index in [1.165, 1.54) is 6.92 Å². The van der Waals surface area contributed by atoms with Gasteiger partial charge in [-0.05, 0) is 57.9 Å². The van der Waals surface area contributed by atoms with E-state index in [0.29, 0.717) is 41.5 Å². The number of ketones is 1. The minimum atomic E-state index is -1.40. The number of aromatic nitrogens is 1. The van der Waals surface area contributed by atoms with Crippen molar-refractivity contribution in [1.82, 2.24) is 15.2 Å². The van der Waals surface area contributed by atoms with Crippen molar-refractivity contribution in [2.45, 2.75) is 52.6 Å². The summed E-state index contributed by atoms with van der Waals surface area (Å²) in [5, 5.41) is 2.73. The standard InChI is InChI=1S/C25H29N3O7/c1-6-33-22(30)19-13(2)20(26-14(19)3)21(29)15(4)28-23(31)25(5,27-24(28)32)16-8-9-17-18(12-16)35-11-7-10-34-17/h8-9,12,15,26H,6-7,10-11H2,1-5H3,(H,27,32)/t15-,25+/m1/s1. The fourth-order valence-electron chi connectivity index (χ4n) is 4.51. The highest BCUT2D eigenvalue weighted by Crippen LogP contribution is 2.37. The van der Waals surface area contributed by atoms with Crippen LogP contribution in [0.4, 0.5) is 4.79 Å². The number of aromatic amines is 1. The molecular weight excluding hydrogens is 454 g/mol. The molecule has 4 rings (SSSR count). The molecular formula is C25H29N3O7. The topological polar surface area (TPSA) is 127 Å². The normalized spacial score (nSPS) is 20.3. The zero-order chi connectivity index (χ0) is 25.5. The SMILES string of the molecule is CCOC(=O)c1c(C)[nH]c(C(=O)[C@@H](C)N2C(=O)N[C@@](C)(c3ccc4c(c3)OCCCO4)C2=O)c1C. The van der Waals surface area contributed by atoms with Crippen LogP contribution in [0.3, 0.4) is 0 Å². The van der Waals surface area contributed by atoms with Crippen molar-refractivity contribution in [3.05, 3.63) is 46.3 Å². The Morgan fingerprint density at radius 2 is 1.86 bits per heavy atom. The van der Waals surface area contributed by atoms with Gasteiger partial charge in [-0.1, -0.05) is 6.07 Å². The molecule has 1 fully saturated rings. The molecule has 0 unspecified atom stereocenters. The number of hydrogen-bond donors (Lipinski definition) is 2. The van der Waals surface area contributed by atoms with Crippen LogP contribution in [-0.2, 0) is 15.1 Å². The molecule has 10 nitrogen and oxygen atoms in total. The molecule has 2 atom stereocenters. The number of Topliss-reactive ketones (excluding diaryl/α,β-unsaturated/α-hetero) is 1. The summed E-state index contributed by atoms with van der Waals surface area (Å²) in [6.45, 7) is 9.27. The average molecular weight is 484 g/mol. The number of esters is 1. The second-order valence-corrected chi connectivity index (χ2v) is 8.83. The summed E-state index contributed by atoms with van der Waals surface area (Å²) < 4.78 is 16.5. The highest BCUT2D eigenvalue weighted by atomic mass is 16.5. The monoisotopic (exact) mass is 483 g/mol. The Hall–Kier alpha value is -3.82. The zero-order valence-corrected chi connectivity index (χ0v) is 20.4. The van der Waals surface area contributed by atoms with Gasteiger partial charge in [0, 0.05) is 12.1 Å². The third-order valence-electron chi connectivity index (χ3n) is 6.48. The van der Waals surface area contributed by atoms with Gasteiger partial charge in [0.25, 0.3) is 5.91 Å². The van der Waals surface area contributed by atoms with Crippen molar-refractivity contribution >= 4 is 23.7 Å². The van der Waals surface area contributed by atoms with Crippen molar-refractivity contribution < 1.29 is 33.4 Å². The van der Waals surface area contributed by atoms with Crippen molar-refractivity contribution in [3.8, 4) is 11.5 Å². The maximum absolute atomic E-state index is 13.5. The second-order valence-electron chi connectivity index (χ2n) is 8.83. The average Bonchev–Trinajstić information content (AvgIpc) is 3.10. The summed E-state index contributed by atoms with van der Waals surface area (Å²) in [6, 6.07) is 3.29. The lowest BCUT2D eigenvalue weighted by atomic mass is 9.91. The first-order valence-corrected chi connectivity index (χ1v) is 11.6. The van der Waals surface area contributed by atoms with Crippen molar-refractivity contribution in [2.24, 2.45) is 0 Å². The van der Waals surface area contributed by atoms with Crippen LogP contribution in [0.5, 0.6) is 11.5 Å². The number of benzene rings is 1. The number of nitrogens with one attached hydrogen (secondary N) is 2. The van der Waals surface area contributed by atoms with Crippen LogP contribution in [0.15, 0.2) is 18.2 Å². The first-order valence-electron chi connectivity index (χ1n) is 11.6. The van der Waals surface area contributed by atoms with Crippen LogP contribution in [0, 0.1) is 13.8 Å². The highest BCUT2D eigenvalue weighted by Gasteiger charge is 2.52. The highest BCUT2D eigenvalue weighted by molar-refractivity contribution is 6.13. The van der Waals surface area contributed by atoms with Crippen LogP contribution in [0.2, 0.25) is 0 Å². The minimum absolute atomic E-state index is 0.155. The Bertz CT molecular complexity index is 1220. The summed E-state index contributed by atoms with van der Waals surface area (Å²) in [6.07, 6.45) is 0.736. The van der Waals surface area contributed by atoms with E-state index in [1.54, 1.807) is 45.9 Å². The molecule has 186 valence electrons. The first kappa shape index (κ1) is 24.3. The number of H-pyrrole nitrogens is 1. The number of amides is 3. The second kappa shape index (κ2) is 9.09. The minimum Gasteiger partial charge on any atom is -0.490 e. The lowest BCUT2D eigenvalue weighted by Gasteiger charge is -2.25. The number of ether oxygens (including phenoxy) is 3. The Kier molecular flexibility index (Phi) is 6.31. The molecule has 10 heteroatoms.